The lowest BCUT2D eigenvalue weighted by molar-refractivity contribution is 0.513. The molecule has 1 heterocycles. The van der Waals surface area contributed by atoms with Crippen LogP contribution in [0.2, 0.25) is 5.02 Å². The predicted molar refractivity (Wildman–Crippen MR) is 79.3 cm³/mol. The van der Waals surface area contributed by atoms with E-state index in [0.29, 0.717) is 6.42 Å². The largest absolute Gasteiger partial charge is 0.309 e. The summed E-state index contributed by atoms with van der Waals surface area (Å²) in [5.74, 6) is 0.479. The van der Waals surface area contributed by atoms with E-state index in [1.165, 1.54) is 0 Å². The van der Waals surface area contributed by atoms with E-state index in [2.05, 4.69) is 5.32 Å². The highest BCUT2D eigenvalue weighted by molar-refractivity contribution is 7.91. The fraction of sp³-hybridized carbons (Fsp3) is 0.667. The Labute approximate surface area is 118 Å². The van der Waals surface area contributed by atoms with E-state index in [1.807, 2.05) is 18.4 Å². The van der Waals surface area contributed by atoms with Gasteiger partial charge in [-0.3, -0.25) is 0 Å². The van der Waals surface area contributed by atoms with Crippen LogP contribution in [-0.2, 0) is 9.84 Å². The zero-order valence-corrected chi connectivity index (χ0v) is 13.2. The van der Waals surface area contributed by atoms with Crippen LogP contribution in [-0.4, -0.2) is 26.5 Å². The summed E-state index contributed by atoms with van der Waals surface area (Å²) in [6.45, 7) is 4.57. The molecule has 0 saturated heterocycles. The third kappa shape index (κ3) is 4.88. The Bertz CT molecular complexity index is 456. The first-order valence-corrected chi connectivity index (χ1v) is 9.24. The highest BCUT2D eigenvalue weighted by Gasteiger charge is 2.16. The quantitative estimate of drug-likeness (QED) is 0.801. The fourth-order valence-corrected chi connectivity index (χ4v) is 3.97. The summed E-state index contributed by atoms with van der Waals surface area (Å²) >= 11 is 7.74. The number of hydrogen-bond acceptors (Lipinski definition) is 4. The standard InChI is InChI=1S/C12H20ClNO2S2/c1-3-14-11(12-10(13)7-8-17-12)6-5-9-18(15,16)4-2/h7-8,11,14H,3-6,9H2,1-2H3. The van der Waals surface area contributed by atoms with Crippen molar-refractivity contribution >= 4 is 32.8 Å². The minimum atomic E-state index is -2.87. The fourth-order valence-electron chi connectivity index (χ4n) is 1.78. The molecule has 3 nitrogen and oxygen atoms in total. The van der Waals surface area contributed by atoms with Crippen molar-refractivity contribution in [2.75, 3.05) is 18.1 Å². The zero-order chi connectivity index (χ0) is 13.6. The van der Waals surface area contributed by atoms with E-state index >= 15 is 0 Å². The molecule has 0 saturated carbocycles. The SMILES string of the molecule is CCNC(CCCS(=O)(=O)CC)c1sccc1Cl. The lowest BCUT2D eigenvalue weighted by Crippen LogP contribution is -2.21. The third-order valence-electron chi connectivity index (χ3n) is 2.80. The van der Waals surface area contributed by atoms with Crippen molar-refractivity contribution in [3.05, 3.63) is 21.3 Å². The molecule has 0 aliphatic carbocycles. The van der Waals surface area contributed by atoms with E-state index in [0.717, 1.165) is 22.9 Å². The lowest BCUT2D eigenvalue weighted by Gasteiger charge is -2.16. The molecule has 1 aromatic heterocycles. The molecular weight excluding hydrogens is 290 g/mol. The van der Waals surface area contributed by atoms with Gasteiger partial charge in [-0.05, 0) is 30.8 Å². The Morgan fingerprint density at radius 3 is 2.67 bits per heavy atom. The Morgan fingerprint density at radius 2 is 2.17 bits per heavy atom. The van der Waals surface area contributed by atoms with Crippen LogP contribution in [0.1, 0.15) is 37.6 Å². The van der Waals surface area contributed by atoms with Gasteiger partial charge in [-0.1, -0.05) is 25.4 Å². The van der Waals surface area contributed by atoms with Crippen LogP contribution in [0.3, 0.4) is 0 Å². The average molecular weight is 310 g/mol. The van der Waals surface area contributed by atoms with E-state index in [4.69, 9.17) is 11.6 Å². The second-order valence-corrected chi connectivity index (χ2v) is 7.95. The topological polar surface area (TPSA) is 46.2 Å². The summed E-state index contributed by atoms with van der Waals surface area (Å²) in [6, 6.07) is 2.05. The van der Waals surface area contributed by atoms with Crippen molar-refractivity contribution in [3.63, 3.8) is 0 Å². The summed E-state index contributed by atoms with van der Waals surface area (Å²) in [5, 5.41) is 6.09. The molecule has 0 aliphatic rings. The molecule has 1 N–H and O–H groups in total. The molecule has 1 atom stereocenters. The molecule has 104 valence electrons. The Kier molecular flexibility index (Phi) is 6.63. The second-order valence-electron chi connectivity index (χ2n) is 4.12. The van der Waals surface area contributed by atoms with Gasteiger partial charge in [0.1, 0.15) is 9.84 Å². The van der Waals surface area contributed by atoms with Gasteiger partial charge in [0.2, 0.25) is 0 Å². The average Bonchev–Trinajstić information content (AvgIpc) is 2.74. The highest BCUT2D eigenvalue weighted by Crippen LogP contribution is 2.31. The van der Waals surface area contributed by atoms with Crippen molar-refractivity contribution in [1.29, 1.82) is 0 Å². The minimum Gasteiger partial charge on any atom is -0.309 e. The first-order valence-electron chi connectivity index (χ1n) is 6.16. The van der Waals surface area contributed by atoms with Gasteiger partial charge < -0.3 is 5.32 Å². The number of sulfone groups is 1. The van der Waals surface area contributed by atoms with Crippen LogP contribution in [0.15, 0.2) is 11.4 Å². The lowest BCUT2D eigenvalue weighted by atomic mass is 10.1. The molecule has 1 rings (SSSR count). The van der Waals surface area contributed by atoms with E-state index in [-0.39, 0.29) is 17.5 Å². The van der Waals surface area contributed by atoms with Crippen molar-refractivity contribution in [2.24, 2.45) is 0 Å². The number of halogens is 1. The van der Waals surface area contributed by atoms with Crippen molar-refractivity contribution in [3.8, 4) is 0 Å². The summed E-state index contributed by atoms with van der Waals surface area (Å²) in [5.41, 5.74) is 0. The number of hydrogen-bond donors (Lipinski definition) is 1. The minimum absolute atomic E-state index is 0.162. The van der Waals surface area contributed by atoms with E-state index < -0.39 is 9.84 Å². The van der Waals surface area contributed by atoms with Crippen LogP contribution in [0.4, 0.5) is 0 Å². The first kappa shape index (κ1) is 16.0. The first-order chi connectivity index (χ1) is 8.50. The van der Waals surface area contributed by atoms with Crippen LogP contribution >= 0.6 is 22.9 Å². The molecule has 0 fully saturated rings. The second kappa shape index (κ2) is 7.48. The normalized spacial score (nSPS) is 13.7. The third-order valence-corrected chi connectivity index (χ3v) is 6.06. The van der Waals surface area contributed by atoms with Crippen molar-refractivity contribution in [2.45, 2.75) is 32.7 Å². The van der Waals surface area contributed by atoms with Gasteiger partial charge in [-0.2, -0.15) is 0 Å². The van der Waals surface area contributed by atoms with Crippen LogP contribution < -0.4 is 5.32 Å². The molecule has 6 heteroatoms. The molecule has 0 aromatic carbocycles. The zero-order valence-electron chi connectivity index (χ0n) is 10.8. The van der Waals surface area contributed by atoms with Crippen LogP contribution in [0, 0.1) is 0 Å². The number of nitrogens with one attached hydrogen (secondary N) is 1. The Hall–Kier alpha value is -0.100. The smallest absolute Gasteiger partial charge is 0.150 e. The Balaban J connectivity index is 2.57. The maximum atomic E-state index is 11.4. The number of rotatable bonds is 8. The van der Waals surface area contributed by atoms with Crippen LogP contribution in [0.5, 0.6) is 0 Å². The maximum Gasteiger partial charge on any atom is 0.150 e. The van der Waals surface area contributed by atoms with Gasteiger partial charge >= 0.3 is 0 Å². The Morgan fingerprint density at radius 1 is 1.44 bits per heavy atom. The van der Waals surface area contributed by atoms with Gasteiger partial charge in [0.25, 0.3) is 0 Å². The molecule has 18 heavy (non-hydrogen) atoms. The van der Waals surface area contributed by atoms with E-state index in [9.17, 15) is 8.42 Å². The molecule has 0 amide bonds. The molecule has 0 spiro atoms. The molecule has 1 unspecified atom stereocenters. The van der Waals surface area contributed by atoms with Crippen molar-refractivity contribution in [1.82, 2.24) is 5.32 Å². The summed E-state index contributed by atoms with van der Waals surface area (Å²) in [4.78, 5) is 1.10. The monoisotopic (exact) mass is 309 g/mol. The van der Waals surface area contributed by atoms with Gasteiger partial charge in [0.05, 0.1) is 10.8 Å². The summed E-state index contributed by atoms with van der Waals surface area (Å²) in [6.07, 6.45) is 1.47. The molecule has 0 aliphatic heterocycles. The van der Waals surface area contributed by atoms with Crippen LogP contribution in [0.25, 0.3) is 0 Å². The summed E-state index contributed by atoms with van der Waals surface area (Å²) < 4.78 is 22.9. The van der Waals surface area contributed by atoms with E-state index in [1.54, 1.807) is 18.3 Å². The van der Waals surface area contributed by atoms with Gasteiger partial charge in [-0.15, -0.1) is 11.3 Å². The molecule has 0 bridgehead atoms. The van der Waals surface area contributed by atoms with Gasteiger partial charge in [-0.25, -0.2) is 8.42 Å². The maximum absolute atomic E-state index is 11.4. The van der Waals surface area contributed by atoms with Crippen molar-refractivity contribution < 1.29 is 8.42 Å². The molecule has 0 radical (unpaired) electrons. The number of thiophene rings is 1. The summed E-state index contributed by atoms with van der Waals surface area (Å²) in [7, 11) is -2.87. The highest BCUT2D eigenvalue weighted by atomic mass is 35.5. The molecular formula is C12H20ClNO2S2. The van der Waals surface area contributed by atoms with Gasteiger partial charge in [0, 0.05) is 16.7 Å². The predicted octanol–water partition coefficient (Wildman–Crippen LogP) is 3.27. The molecule has 1 aromatic rings. The van der Waals surface area contributed by atoms with Gasteiger partial charge in [0.15, 0.2) is 0 Å².